The summed E-state index contributed by atoms with van der Waals surface area (Å²) in [4.78, 5) is 12.6. The normalized spacial score (nSPS) is 15.7. The van der Waals surface area contributed by atoms with Gasteiger partial charge in [0, 0.05) is 5.56 Å². The first kappa shape index (κ1) is 43.4. The number of nitrogens with zero attached hydrogens (tertiary/aromatic N) is 2. The quantitative estimate of drug-likeness (QED) is 0.212. The molecular weight excluding hydrogens is 802 g/mol. The van der Waals surface area contributed by atoms with Gasteiger partial charge in [0.05, 0.1) is 0 Å². The van der Waals surface area contributed by atoms with Gasteiger partial charge < -0.3 is 0 Å². The lowest BCUT2D eigenvalue weighted by Gasteiger charge is -2.39. The minimum atomic E-state index is -8.79. The highest BCUT2D eigenvalue weighted by atomic mass is 19.4. The monoisotopic (exact) mass is 808 g/mol. The summed E-state index contributed by atoms with van der Waals surface area (Å²) in [5.74, 6) is -87.4. The first-order valence-corrected chi connectivity index (χ1v) is 11.7. The van der Waals surface area contributed by atoms with Gasteiger partial charge >= 0.3 is 71.6 Å². The summed E-state index contributed by atoms with van der Waals surface area (Å²) in [6, 6.07) is 0.379. The zero-order valence-corrected chi connectivity index (χ0v) is 22.6. The van der Waals surface area contributed by atoms with Gasteiger partial charge in [-0.25, -0.2) is 0 Å². The standard InChI is InChI=1S/C22H6F26N2O/c23-11(24,13(27,28)15(31,32)17(35,36)19(39,40)21(43,44)45)8-6-9(50(49-8)10(51)7-4-2-1-3-5-7)12(25,26)14(29,30)16(33,34)18(37,38)20(41,42)22(46,47)48/h1-6H. The Morgan fingerprint density at radius 3 is 1.08 bits per heavy atom. The average molecular weight is 808 g/mol. The van der Waals surface area contributed by atoms with E-state index in [1.54, 1.807) is 5.10 Å². The van der Waals surface area contributed by atoms with E-state index >= 15 is 0 Å². The van der Waals surface area contributed by atoms with Crippen LogP contribution in [-0.2, 0) is 11.8 Å². The molecular formula is C22H6F26N2O. The summed E-state index contributed by atoms with van der Waals surface area (Å²) in [6.45, 7) is 0. The summed E-state index contributed by atoms with van der Waals surface area (Å²) in [5, 5.41) is 1.62. The smallest absolute Gasteiger partial charge is 0.267 e. The van der Waals surface area contributed by atoms with Crippen molar-refractivity contribution in [1.82, 2.24) is 9.78 Å². The van der Waals surface area contributed by atoms with Gasteiger partial charge in [0.15, 0.2) is 0 Å². The Morgan fingerprint density at radius 2 is 0.745 bits per heavy atom. The molecule has 0 bridgehead atoms. The largest absolute Gasteiger partial charge is 0.460 e. The third-order valence-corrected chi connectivity index (χ3v) is 6.43. The number of carbonyl (C=O) groups excluding carboxylic acids is 1. The topological polar surface area (TPSA) is 34.9 Å². The summed E-state index contributed by atoms with van der Waals surface area (Å²) < 4.78 is 352. The average Bonchev–Trinajstić information content (AvgIpc) is 3.42. The zero-order chi connectivity index (χ0) is 40.8. The minimum absolute atomic E-state index is 0.247. The molecule has 0 aliphatic heterocycles. The Hall–Kier alpha value is -3.72. The molecule has 0 aliphatic carbocycles. The number of carbonyl (C=O) groups is 1. The molecule has 1 aromatic carbocycles. The van der Waals surface area contributed by atoms with E-state index < -0.39 is 105 Å². The Balaban J connectivity index is 3.02. The van der Waals surface area contributed by atoms with Crippen LogP contribution < -0.4 is 0 Å². The van der Waals surface area contributed by atoms with Crippen LogP contribution in [-0.4, -0.2) is 75.4 Å². The van der Waals surface area contributed by atoms with Crippen molar-refractivity contribution in [2.24, 2.45) is 0 Å². The van der Waals surface area contributed by atoms with E-state index in [4.69, 9.17) is 0 Å². The number of aromatic nitrogens is 2. The van der Waals surface area contributed by atoms with Gasteiger partial charge in [-0.3, -0.25) is 4.79 Å². The molecule has 0 radical (unpaired) electrons. The summed E-state index contributed by atoms with van der Waals surface area (Å²) >= 11 is 0. The lowest BCUT2D eigenvalue weighted by molar-refractivity contribution is -0.442. The predicted molar refractivity (Wildman–Crippen MR) is 108 cm³/mol. The molecule has 29 heteroatoms. The molecule has 0 fully saturated rings. The molecule has 0 aliphatic rings. The summed E-state index contributed by atoms with van der Waals surface area (Å²) in [6.07, 6.45) is -16.0. The molecule has 0 N–H and O–H groups in total. The van der Waals surface area contributed by atoms with Crippen LogP contribution >= 0.6 is 0 Å². The molecule has 1 aromatic heterocycles. The lowest BCUT2D eigenvalue weighted by atomic mass is 9.91. The van der Waals surface area contributed by atoms with Crippen molar-refractivity contribution in [3.05, 3.63) is 53.3 Å². The Labute approximate surface area is 260 Å². The first-order valence-electron chi connectivity index (χ1n) is 11.7. The molecule has 0 spiro atoms. The van der Waals surface area contributed by atoms with E-state index in [-0.39, 0.29) is 12.1 Å². The van der Waals surface area contributed by atoms with Crippen LogP contribution in [0.3, 0.4) is 0 Å². The van der Waals surface area contributed by atoms with Gasteiger partial charge in [0.2, 0.25) is 0 Å². The fourth-order valence-electron chi connectivity index (χ4n) is 3.48. The van der Waals surface area contributed by atoms with Crippen molar-refractivity contribution in [1.29, 1.82) is 0 Å². The van der Waals surface area contributed by atoms with Gasteiger partial charge in [0.25, 0.3) is 5.91 Å². The van der Waals surface area contributed by atoms with Gasteiger partial charge in [-0.2, -0.15) is 124 Å². The van der Waals surface area contributed by atoms with E-state index in [1.807, 2.05) is 0 Å². The van der Waals surface area contributed by atoms with Crippen molar-refractivity contribution in [3.63, 3.8) is 0 Å². The second-order valence-corrected chi connectivity index (χ2v) is 9.74. The van der Waals surface area contributed by atoms with Crippen molar-refractivity contribution < 1.29 is 119 Å². The highest BCUT2D eigenvalue weighted by Crippen LogP contribution is 2.64. The molecule has 2 aromatic rings. The fraction of sp³-hybridized carbons (Fsp3) is 0.545. The maximum Gasteiger partial charge on any atom is 0.460 e. The molecule has 0 unspecified atom stereocenters. The molecule has 0 amide bonds. The number of rotatable bonds is 11. The maximum atomic E-state index is 15.0. The molecule has 0 atom stereocenters. The zero-order valence-electron chi connectivity index (χ0n) is 22.6. The summed E-state index contributed by atoms with van der Waals surface area (Å²) in [7, 11) is 0. The Morgan fingerprint density at radius 1 is 0.431 bits per heavy atom. The number of halogens is 26. The van der Waals surface area contributed by atoms with Crippen LogP contribution in [0.15, 0.2) is 36.4 Å². The molecule has 0 saturated carbocycles. The Bertz CT molecular complexity index is 1600. The second kappa shape index (κ2) is 11.6. The SMILES string of the molecule is O=C(c1ccccc1)n1nc(C(F)(F)C(F)(F)C(F)(F)C(F)(F)C(F)(F)C(F)(F)F)cc1C(F)(F)C(F)(F)C(F)(F)C(F)(F)C(F)(F)C(F)(F)F. The predicted octanol–water partition coefficient (Wildman–Crippen LogP) is 9.96. The van der Waals surface area contributed by atoms with E-state index in [2.05, 4.69) is 0 Å². The number of hydrogen-bond acceptors (Lipinski definition) is 2. The highest BCUT2D eigenvalue weighted by Gasteiger charge is 2.93. The third-order valence-electron chi connectivity index (χ3n) is 6.43. The molecule has 51 heavy (non-hydrogen) atoms. The van der Waals surface area contributed by atoms with Crippen LogP contribution in [0, 0.1) is 0 Å². The number of benzene rings is 1. The number of hydrogen-bond donors (Lipinski definition) is 0. The van der Waals surface area contributed by atoms with Gasteiger partial charge in [-0.05, 0) is 18.2 Å². The second-order valence-electron chi connectivity index (χ2n) is 9.74. The fourth-order valence-corrected chi connectivity index (χ4v) is 3.48. The van der Waals surface area contributed by atoms with Gasteiger partial charge in [-0.15, -0.1) is 0 Å². The molecule has 3 nitrogen and oxygen atoms in total. The van der Waals surface area contributed by atoms with Crippen LogP contribution in [0.5, 0.6) is 0 Å². The molecule has 0 saturated heterocycles. The third kappa shape index (κ3) is 5.69. The van der Waals surface area contributed by atoms with Crippen LogP contribution in [0.1, 0.15) is 21.7 Å². The first-order chi connectivity index (χ1) is 22.1. The van der Waals surface area contributed by atoms with Crippen LogP contribution in [0.25, 0.3) is 0 Å². The van der Waals surface area contributed by atoms with Crippen molar-refractivity contribution in [2.45, 2.75) is 71.6 Å². The van der Waals surface area contributed by atoms with E-state index in [0.29, 0.717) is 12.1 Å². The molecule has 2 rings (SSSR count). The van der Waals surface area contributed by atoms with Crippen molar-refractivity contribution in [2.75, 3.05) is 0 Å². The van der Waals surface area contributed by atoms with Gasteiger partial charge in [0.1, 0.15) is 11.4 Å². The molecule has 1 heterocycles. The lowest BCUT2D eigenvalue weighted by Crippen LogP contribution is -2.69. The highest BCUT2D eigenvalue weighted by molar-refractivity contribution is 5.95. The summed E-state index contributed by atoms with van der Waals surface area (Å²) in [5.41, 5.74) is -9.50. The van der Waals surface area contributed by atoms with Crippen molar-refractivity contribution in [3.8, 4) is 0 Å². The van der Waals surface area contributed by atoms with E-state index in [9.17, 15) is 119 Å². The van der Waals surface area contributed by atoms with Crippen LogP contribution in [0.2, 0.25) is 0 Å². The van der Waals surface area contributed by atoms with Gasteiger partial charge in [-0.1, -0.05) is 18.2 Å². The van der Waals surface area contributed by atoms with E-state index in [0.717, 1.165) is 6.07 Å². The minimum Gasteiger partial charge on any atom is -0.267 e. The Kier molecular flexibility index (Phi) is 9.92. The molecule has 292 valence electrons. The van der Waals surface area contributed by atoms with Crippen molar-refractivity contribution >= 4 is 5.91 Å². The van der Waals surface area contributed by atoms with E-state index in [1.165, 1.54) is 0 Å². The van der Waals surface area contributed by atoms with Crippen LogP contribution in [0.4, 0.5) is 114 Å². The number of alkyl halides is 26. The maximum absolute atomic E-state index is 15.0.